The Labute approximate surface area is 196 Å². The minimum atomic E-state index is -0.106. The van der Waals surface area contributed by atoms with Crippen molar-refractivity contribution in [2.75, 3.05) is 7.05 Å². The fraction of sp³-hybridized carbons (Fsp3) is 0.259. The van der Waals surface area contributed by atoms with Crippen LogP contribution >= 0.6 is 0 Å². The van der Waals surface area contributed by atoms with E-state index in [1.165, 1.54) is 5.56 Å². The third-order valence-electron chi connectivity index (χ3n) is 6.83. The lowest BCUT2D eigenvalue weighted by molar-refractivity contribution is 0.898. The summed E-state index contributed by atoms with van der Waals surface area (Å²) in [5, 5.41) is 10.4. The number of nitriles is 1. The Bertz CT molecular complexity index is 1580. The fourth-order valence-corrected chi connectivity index (χ4v) is 4.67. The number of H-pyrrole nitrogens is 1. The van der Waals surface area contributed by atoms with Crippen LogP contribution in [0.2, 0.25) is 0 Å². The Balaban J connectivity index is 1.59. The molecule has 0 radical (unpaired) electrons. The molecular weight excluding hydrogens is 424 g/mol. The van der Waals surface area contributed by atoms with Gasteiger partial charge in [-0.05, 0) is 78.6 Å². The number of nitrogens with two attached hydrogens (primary N) is 1. The number of nitrogens with zero attached hydrogens (tertiary/aromatic N) is 4. The summed E-state index contributed by atoms with van der Waals surface area (Å²) < 4.78 is 1.68. The monoisotopic (exact) mass is 448 g/mol. The Morgan fingerprint density at radius 1 is 1.18 bits per heavy atom. The van der Waals surface area contributed by atoms with Crippen LogP contribution in [0.1, 0.15) is 59.9 Å². The van der Waals surface area contributed by atoms with Gasteiger partial charge < -0.3 is 10.7 Å². The van der Waals surface area contributed by atoms with Gasteiger partial charge in [0.1, 0.15) is 17.2 Å². The zero-order valence-corrected chi connectivity index (χ0v) is 18.9. The molecule has 34 heavy (non-hydrogen) atoms. The van der Waals surface area contributed by atoms with Crippen molar-refractivity contribution in [2.24, 2.45) is 10.7 Å². The summed E-state index contributed by atoms with van der Waals surface area (Å²) in [5.41, 5.74) is 11.9. The number of hydrogen-bond donors (Lipinski definition) is 2. The first kappa shape index (κ1) is 20.4. The average molecular weight is 449 g/mol. The molecule has 168 valence electrons. The van der Waals surface area contributed by atoms with Gasteiger partial charge in [-0.3, -0.25) is 14.4 Å². The first-order valence-corrected chi connectivity index (χ1v) is 11.6. The summed E-state index contributed by atoms with van der Waals surface area (Å²) in [6.45, 7) is 0. The molecule has 0 atom stereocenters. The number of rotatable bonds is 5. The van der Waals surface area contributed by atoms with Gasteiger partial charge in [-0.1, -0.05) is 6.07 Å². The number of pyridine rings is 2. The summed E-state index contributed by atoms with van der Waals surface area (Å²) in [4.78, 5) is 25.7. The van der Waals surface area contributed by atoms with Crippen LogP contribution in [-0.4, -0.2) is 27.4 Å². The van der Waals surface area contributed by atoms with Crippen molar-refractivity contribution in [3.63, 3.8) is 0 Å². The topological polar surface area (TPSA) is 113 Å². The lowest BCUT2D eigenvalue weighted by Gasteiger charge is -2.15. The van der Waals surface area contributed by atoms with E-state index in [4.69, 9.17) is 10.7 Å². The van der Waals surface area contributed by atoms with Crippen LogP contribution in [0.15, 0.2) is 58.6 Å². The SMILES string of the molecule is CN=C(N)c1cc(C#N)ccc1-c1cc(C2CC2)nc(-n2cc(C3CC3)c3cc[nH]c3c2=O)c1. The molecule has 0 unspecified atom stereocenters. The highest BCUT2D eigenvalue weighted by Gasteiger charge is 2.29. The Hall–Kier alpha value is -4.18. The highest BCUT2D eigenvalue weighted by Crippen LogP contribution is 2.43. The molecule has 3 aromatic heterocycles. The molecule has 4 aromatic rings. The molecule has 1 aromatic carbocycles. The fourth-order valence-electron chi connectivity index (χ4n) is 4.67. The summed E-state index contributed by atoms with van der Waals surface area (Å²) in [6.07, 6.45) is 8.27. The van der Waals surface area contributed by atoms with E-state index in [1.54, 1.807) is 23.7 Å². The quantitative estimate of drug-likeness (QED) is 0.349. The summed E-state index contributed by atoms with van der Waals surface area (Å²) >= 11 is 0. The zero-order chi connectivity index (χ0) is 23.4. The standard InChI is InChI=1S/C27H24N6O/c1-30-26(29)21-10-15(13-28)2-7-19(21)18-11-23(17-5-6-17)32-24(12-18)33-14-22(16-3-4-16)20-8-9-31-25(20)27(33)34/h2,7-12,14,16-17,31H,3-6H2,1H3,(H2,29,30). The van der Waals surface area contributed by atoms with Gasteiger partial charge in [0, 0.05) is 42.0 Å². The molecule has 3 N–H and O–H groups in total. The maximum Gasteiger partial charge on any atom is 0.280 e. The van der Waals surface area contributed by atoms with Crippen LogP contribution in [0, 0.1) is 11.3 Å². The molecular formula is C27H24N6O. The molecule has 0 spiro atoms. The van der Waals surface area contributed by atoms with Crippen molar-refractivity contribution in [3.8, 4) is 23.0 Å². The van der Waals surface area contributed by atoms with E-state index in [2.05, 4.69) is 22.1 Å². The van der Waals surface area contributed by atoms with Gasteiger partial charge >= 0.3 is 0 Å². The molecule has 2 saturated carbocycles. The van der Waals surface area contributed by atoms with E-state index in [0.717, 1.165) is 47.9 Å². The first-order chi connectivity index (χ1) is 16.6. The number of aromatic amines is 1. The summed E-state index contributed by atoms with van der Waals surface area (Å²) in [6, 6.07) is 13.6. The van der Waals surface area contributed by atoms with E-state index in [1.807, 2.05) is 30.6 Å². The smallest absolute Gasteiger partial charge is 0.280 e. The van der Waals surface area contributed by atoms with Crippen molar-refractivity contribution in [3.05, 3.63) is 81.5 Å². The largest absolute Gasteiger partial charge is 0.383 e. The Morgan fingerprint density at radius 2 is 1.97 bits per heavy atom. The summed E-state index contributed by atoms with van der Waals surface area (Å²) in [7, 11) is 1.64. The number of nitrogens with one attached hydrogen (secondary N) is 1. The maximum absolute atomic E-state index is 13.5. The Morgan fingerprint density at radius 3 is 2.68 bits per heavy atom. The molecule has 2 aliphatic carbocycles. The molecule has 7 nitrogen and oxygen atoms in total. The van der Waals surface area contributed by atoms with Crippen LogP contribution in [0.3, 0.4) is 0 Å². The highest BCUT2D eigenvalue weighted by atomic mass is 16.1. The van der Waals surface area contributed by atoms with Crippen molar-refractivity contribution in [2.45, 2.75) is 37.5 Å². The number of benzene rings is 1. The van der Waals surface area contributed by atoms with E-state index in [0.29, 0.717) is 40.1 Å². The van der Waals surface area contributed by atoms with Gasteiger partial charge in [-0.25, -0.2) is 4.98 Å². The summed E-state index contributed by atoms with van der Waals surface area (Å²) in [5.74, 6) is 1.84. The van der Waals surface area contributed by atoms with Crippen molar-refractivity contribution >= 4 is 16.7 Å². The van der Waals surface area contributed by atoms with Gasteiger partial charge in [-0.2, -0.15) is 5.26 Å². The number of aromatic nitrogens is 3. The minimum absolute atomic E-state index is 0.106. The first-order valence-electron chi connectivity index (χ1n) is 11.6. The van der Waals surface area contributed by atoms with Gasteiger partial charge in [-0.15, -0.1) is 0 Å². The molecule has 0 aliphatic heterocycles. The molecule has 0 amide bonds. The second kappa shape index (κ2) is 7.70. The van der Waals surface area contributed by atoms with Gasteiger partial charge in [0.15, 0.2) is 0 Å². The molecule has 2 fully saturated rings. The van der Waals surface area contributed by atoms with Crippen LogP contribution in [0.5, 0.6) is 0 Å². The molecule has 2 aliphatic rings. The normalized spacial score (nSPS) is 16.1. The van der Waals surface area contributed by atoms with Gasteiger partial charge in [0.05, 0.1) is 11.6 Å². The maximum atomic E-state index is 13.5. The molecule has 0 bridgehead atoms. The molecule has 6 rings (SSSR count). The molecule has 7 heteroatoms. The third kappa shape index (κ3) is 3.39. The van der Waals surface area contributed by atoms with Crippen LogP contribution in [0.4, 0.5) is 0 Å². The predicted octanol–water partition coefficient (Wildman–Crippen LogP) is 4.34. The van der Waals surface area contributed by atoms with E-state index < -0.39 is 0 Å². The highest BCUT2D eigenvalue weighted by molar-refractivity contribution is 6.03. The van der Waals surface area contributed by atoms with Crippen LogP contribution in [0.25, 0.3) is 27.8 Å². The second-order valence-electron chi connectivity index (χ2n) is 9.19. The van der Waals surface area contributed by atoms with Crippen molar-refractivity contribution in [1.82, 2.24) is 14.5 Å². The average Bonchev–Trinajstić information content (AvgIpc) is 3.81. The van der Waals surface area contributed by atoms with Crippen molar-refractivity contribution < 1.29 is 0 Å². The van der Waals surface area contributed by atoms with E-state index >= 15 is 0 Å². The number of amidine groups is 1. The van der Waals surface area contributed by atoms with Gasteiger partial charge in [0.2, 0.25) is 0 Å². The number of hydrogen-bond acceptors (Lipinski definition) is 4. The van der Waals surface area contributed by atoms with Crippen LogP contribution < -0.4 is 11.3 Å². The third-order valence-corrected chi connectivity index (χ3v) is 6.83. The van der Waals surface area contributed by atoms with Gasteiger partial charge in [0.25, 0.3) is 5.56 Å². The van der Waals surface area contributed by atoms with E-state index in [9.17, 15) is 10.1 Å². The van der Waals surface area contributed by atoms with Crippen LogP contribution in [-0.2, 0) is 0 Å². The number of fused-ring (bicyclic) bond motifs is 1. The zero-order valence-electron chi connectivity index (χ0n) is 18.9. The minimum Gasteiger partial charge on any atom is -0.383 e. The molecule has 0 saturated heterocycles. The lowest BCUT2D eigenvalue weighted by atomic mass is 9.96. The second-order valence-corrected chi connectivity index (χ2v) is 9.19. The Kier molecular flexibility index (Phi) is 4.63. The van der Waals surface area contributed by atoms with E-state index in [-0.39, 0.29) is 5.56 Å². The predicted molar refractivity (Wildman–Crippen MR) is 132 cm³/mol. The molecule has 3 heterocycles. The number of aliphatic imine (C=N–C) groups is 1. The lowest BCUT2D eigenvalue weighted by Crippen LogP contribution is -2.21. The van der Waals surface area contributed by atoms with Crippen molar-refractivity contribution in [1.29, 1.82) is 5.26 Å².